The Kier molecular flexibility index (Phi) is 4.57. The average Bonchev–Trinajstić information content (AvgIpc) is 3.01. The Hall–Kier alpha value is -2.40. The molecule has 23 heavy (non-hydrogen) atoms. The van der Waals surface area contributed by atoms with Crippen LogP contribution < -0.4 is 10.6 Å². The van der Waals surface area contributed by atoms with E-state index in [1.165, 1.54) is 23.3 Å². The summed E-state index contributed by atoms with van der Waals surface area (Å²) in [5.41, 5.74) is 3.51. The topological polar surface area (TPSA) is 61.4 Å². The minimum atomic E-state index is -1.08. The number of urea groups is 1. The summed E-state index contributed by atoms with van der Waals surface area (Å²) in [6.07, 6.45) is 2.21. The molecular formula is C18H19FN2O2. The highest BCUT2D eigenvalue weighted by atomic mass is 19.1. The highest BCUT2D eigenvalue weighted by Crippen LogP contribution is 2.24. The number of anilines is 1. The fraction of sp³-hybridized carbons (Fsp3) is 0.278. The van der Waals surface area contributed by atoms with E-state index in [0.717, 1.165) is 24.9 Å². The lowest BCUT2D eigenvalue weighted by atomic mass is 10.1. The van der Waals surface area contributed by atoms with Gasteiger partial charge in [-0.05, 0) is 48.6 Å². The van der Waals surface area contributed by atoms with Gasteiger partial charge < -0.3 is 15.7 Å². The summed E-state index contributed by atoms with van der Waals surface area (Å²) in [7, 11) is 0. The zero-order valence-corrected chi connectivity index (χ0v) is 12.7. The number of fused-ring (bicyclic) bond motifs is 1. The quantitative estimate of drug-likeness (QED) is 0.812. The van der Waals surface area contributed by atoms with Crippen molar-refractivity contribution in [3.8, 4) is 0 Å². The SMILES string of the molecule is O=C(NCC(O)c1ccccc1F)Nc1ccc2c(c1)CCC2. The predicted molar refractivity (Wildman–Crippen MR) is 86.8 cm³/mol. The smallest absolute Gasteiger partial charge is 0.319 e. The van der Waals surface area contributed by atoms with Crippen LogP contribution in [0.15, 0.2) is 42.5 Å². The number of hydrogen-bond donors (Lipinski definition) is 3. The predicted octanol–water partition coefficient (Wildman–Crippen LogP) is 3.17. The largest absolute Gasteiger partial charge is 0.386 e. The van der Waals surface area contributed by atoms with E-state index in [4.69, 9.17) is 0 Å². The molecule has 4 nitrogen and oxygen atoms in total. The zero-order valence-electron chi connectivity index (χ0n) is 12.7. The summed E-state index contributed by atoms with van der Waals surface area (Å²) in [4.78, 5) is 11.9. The molecule has 1 aliphatic rings. The first-order valence-corrected chi connectivity index (χ1v) is 7.72. The van der Waals surface area contributed by atoms with Crippen molar-refractivity contribution in [3.63, 3.8) is 0 Å². The van der Waals surface area contributed by atoms with Crippen LogP contribution in [-0.2, 0) is 12.8 Å². The lowest BCUT2D eigenvalue weighted by Crippen LogP contribution is -2.32. The number of benzene rings is 2. The zero-order chi connectivity index (χ0) is 16.2. The Balaban J connectivity index is 1.54. The number of halogens is 1. The van der Waals surface area contributed by atoms with Crippen molar-refractivity contribution >= 4 is 11.7 Å². The number of aliphatic hydroxyl groups excluding tert-OH is 1. The van der Waals surface area contributed by atoms with Crippen molar-refractivity contribution < 1.29 is 14.3 Å². The van der Waals surface area contributed by atoms with Gasteiger partial charge in [0.2, 0.25) is 0 Å². The van der Waals surface area contributed by atoms with Gasteiger partial charge in [0, 0.05) is 17.8 Å². The van der Waals surface area contributed by atoms with Crippen LogP contribution >= 0.6 is 0 Å². The van der Waals surface area contributed by atoms with E-state index >= 15 is 0 Å². The second-order valence-electron chi connectivity index (χ2n) is 5.71. The fourth-order valence-corrected chi connectivity index (χ4v) is 2.87. The molecule has 1 unspecified atom stereocenters. The van der Waals surface area contributed by atoms with Gasteiger partial charge in [0.05, 0.1) is 6.10 Å². The summed E-state index contributed by atoms with van der Waals surface area (Å²) in [5.74, 6) is -0.485. The van der Waals surface area contributed by atoms with Crippen molar-refractivity contribution in [1.82, 2.24) is 5.32 Å². The van der Waals surface area contributed by atoms with Crippen molar-refractivity contribution in [1.29, 1.82) is 0 Å². The first kappa shape index (κ1) is 15.5. The van der Waals surface area contributed by atoms with Crippen LogP contribution in [0.2, 0.25) is 0 Å². The van der Waals surface area contributed by atoms with E-state index in [0.29, 0.717) is 0 Å². The highest BCUT2D eigenvalue weighted by molar-refractivity contribution is 5.89. The Morgan fingerprint density at radius 2 is 1.96 bits per heavy atom. The summed E-state index contributed by atoms with van der Waals surface area (Å²) >= 11 is 0. The standard InChI is InChI=1S/C18H19FN2O2/c19-16-7-2-1-6-15(16)17(22)11-20-18(23)21-14-9-8-12-4-3-5-13(12)10-14/h1-2,6-10,17,22H,3-5,11H2,(H2,20,21,23). The van der Waals surface area contributed by atoms with Gasteiger partial charge in [-0.15, -0.1) is 0 Å². The van der Waals surface area contributed by atoms with Crippen molar-refractivity contribution in [2.75, 3.05) is 11.9 Å². The first-order chi connectivity index (χ1) is 11.1. The van der Waals surface area contributed by atoms with Crippen LogP contribution in [-0.4, -0.2) is 17.7 Å². The summed E-state index contributed by atoms with van der Waals surface area (Å²) in [5, 5.41) is 15.3. The molecule has 0 aliphatic heterocycles. The van der Waals surface area contributed by atoms with E-state index in [2.05, 4.69) is 10.6 Å². The third kappa shape index (κ3) is 3.68. The molecule has 1 atom stereocenters. The van der Waals surface area contributed by atoms with Gasteiger partial charge in [-0.2, -0.15) is 0 Å². The summed E-state index contributed by atoms with van der Waals surface area (Å²) in [6.45, 7) is -0.0578. The minimum Gasteiger partial charge on any atom is -0.386 e. The van der Waals surface area contributed by atoms with E-state index < -0.39 is 18.0 Å². The van der Waals surface area contributed by atoms with Crippen molar-refractivity contribution in [2.24, 2.45) is 0 Å². The van der Waals surface area contributed by atoms with Crippen molar-refractivity contribution in [2.45, 2.75) is 25.4 Å². The molecule has 3 rings (SSSR count). The molecule has 0 saturated carbocycles. The van der Waals surface area contributed by atoms with Gasteiger partial charge in [0.25, 0.3) is 0 Å². The van der Waals surface area contributed by atoms with E-state index in [9.17, 15) is 14.3 Å². The van der Waals surface area contributed by atoms with Crippen LogP contribution in [0.1, 0.15) is 29.2 Å². The number of carbonyl (C=O) groups excluding carboxylic acids is 1. The third-order valence-corrected chi connectivity index (χ3v) is 4.08. The number of rotatable bonds is 4. The Morgan fingerprint density at radius 1 is 1.17 bits per heavy atom. The molecule has 0 bridgehead atoms. The molecule has 1 aliphatic carbocycles. The number of amides is 2. The van der Waals surface area contributed by atoms with Gasteiger partial charge >= 0.3 is 6.03 Å². The molecule has 0 fully saturated rings. The van der Waals surface area contributed by atoms with Gasteiger partial charge in [-0.1, -0.05) is 24.3 Å². The van der Waals surface area contributed by atoms with Gasteiger partial charge in [-0.3, -0.25) is 0 Å². The molecule has 2 amide bonds. The molecule has 0 spiro atoms. The van der Waals surface area contributed by atoms with Crippen molar-refractivity contribution in [3.05, 3.63) is 65.0 Å². The van der Waals surface area contributed by atoms with Gasteiger partial charge in [0.1, 0.15) is 5.82 Å². The second-order valence-corrected chi connectivity index (χ2v) is 5.71. The van der Waals surface area contributed by atoms with E-state index in [1.807, 2.05) is 18.2 Å². The number of aryl methyl sites for hydroxylation is 2. The minimum absolute atomic E-state index is 0.0578. The van der Waals surface area contributed by atoms with Crippen LogP contribution in [0.5, 0.6) is 0 Å². The number of nitrogens with one attached hydrogen (secondary N) is 2. The first-order valence-electron chi connectivity index (χ1n) is 7.72. The molecule has 2 aromatic carbocycles. The van der Waals surface area contributed by atoms with E-state index in [1.54, 1.807) is 12.1 Å². The summed E-state index contributed by atoms with van der Waals surface area (Å²) in [6, 6.07) is 11.5. The lowest BCUT2D eigenvalue weighted by Gasteiger charge is -2.14. The van der Waals surface area contributed by atoms with E-state index in [-0.39, 0.29) is 12.1 Å². The van der Waals surface area contributed by atoms with Crippen LogP contribution in [0.25, 0.3) is 0 Å². The summed E-state index contributed by atoms with van der Waals surface area (Å²) < 4.78 is 13.6. The molecule has 0 heterocycles. The monoisotopic (exact) mass is 314 g/mol. The average molecular weight is 314 g/mol. The molecule has 3 N–H and O–H groups in total. The van der Waals surface area contributed by atoms with Gasteiger partial charge in [0.15, 0.2) is 0 Å². The van der Waals surface area contributed by atoms with Crippen LogP contribution in [0, 0.1) is 5.82 Å². The Bertz CT molecular complexity index is 718. The molecule has 0 radical (unpaired) electrons. The number of hydrogen-bond acceptors (Lipinski definition) is 2. The molecule has 2 aromatic rings. The molecule has 0 aromatic heterocycles. The third-order valence-electron chi connectivity index (χ3n) is 4.08. The maximum absolute atomic E-state index is 13.6. The molecule has 0 saturated heterocycles. The van der Waals surface area contributed by atoms with Gasteiger partial charge in [-0.25, -0.2) is 9.18 Å². The fourth-order valence-electron chi connectivity index (χ4n) is 2.87. The van der Waals surface area contributed by atoms with Crippen LogP contribution in [0.4, 0.5) is 14.9 Å². The van der Waals surface area contributed by atoms with Crippen LogP contribution in [0.3, 0.4) is 0 Å². The Labute approximate surface area is 134 Å². The Morgan fingerprint density at radius 3 is 2.78 bits per heavy atom. The highest BCUT2D eigenvalue weighted by Gasteiger charge is 2.14. The number of aliphatic hydroxyl groups is 1. The lowest BCUT2D eigenvalue weighted by molar-refractivity contribution is 0.170. The molecule has 120 valence electrons. The maximum atomic E-state index is 13.6. The molecular weight excluding hydrogens is 295 g/mol. The normalized spacial score (nSPS) is 14.2. The second kappa shape index (κ2) is 6.79. The maximum Gasteiger partial charge on any atom is 0.319 e. The molecule has 5 heteroatoms. The number of carbonyl (C=O) groups is 1.